The van der Waals surface area contributed by atoms with E-state index in [1.165, 1.54) is 0 Å². The molecule has 0 radical (unpaired) electrons. The SMILES string of the molecule is O=C([O-])[O-].[O]=[U+2]=[O]. The van der Waals surface area contributed by atoms with E-state index in [1.54, 1.807) is 0 Å². The summed E-state index contributed by atoms with van der Waals surface area (Å²) in [6, 6.07) is 0. The van der Waals surface area contributed by atoms with Crippen molar-refractivity contribution in [3.05, 3.63) is 0 Å². The van der Waals surface area contributed by atoms with Gasteiger partial charge in [0.25, 0.3) is 0 Å². The first-order valence-electron chi connectivity index (χ1n) is 1.02. The Bertz CT molecular complexity index is 76.1. The summed E-state index contributed by atoms with van der Waals surface area (Å²) < 4.78 is 17.2. The zero-order chi connectivity index (χ0) is 6.28. The van der Waals surface area contributed by atoms with Gasteiger partial charge < -0.3 is 15.0 Å². The monoisotopic (exact) mass is 330 g/mol. The number of carbonyl (C=O) groups excluding carboxylic acids is 1. The van der Waals surface area contributed by atoms with Gasteiger partial charge in [-0.2, -0.15) is 0 Å². The van der Waals surface area contributed by atoms with Gasteiger partial charge in [0.1, 0.15) is 0 Å². The van der Waals surface area contributed by atoms with Crippen molar-refractivity contribution in [2.75, 3.05) is 0 Å². The number of carboxylic acid groups (broad SMARTS) is 2. The van der Waals surface area contributed by atoms with Gasteiger partial charge in [-0.25, -0.2) is 0 Å². The van der Waals surface area contributed by atoms with Crippen molar-refractivity contribution < 1.29 is 47.3 Å². The normalized spacial score (nSPS) is 4.57. The minimum atomic E-state index is -2.51. The zero-order valence-electron chi connectivity index (χ0n) is 3.04. The second kappa shape index (κ2) is 9.33. The van der Waals surface area contributed by atoms with Crippen LogP contribution in [0, 0.1) is 27.8 Å². The Morgan fingerprint density at radius 1 is 1.29 bits per heavy atom. The Labute approximate surface area is 53.6 Å². The van der Waals surface area contributed by atoms with Crippen molar-refractivity contribution in [2.24, 2.45) is 0 Å². The number of hydrogen-bond donors (Lipinski definition) is 0. The molecule has 0 N–H and O–H groups in total. The van der Waals surface area contributed by atoms with Gasteiger partial charge in [0.2, 0.25) is 0 Å². The molecule has 6 heteroatoms. The van der Waals surface area contributed by atoms with Gasteiger partial charge in [0.15, 0.2) is 0 Å². The molecule has 38 valence electrons. The first kappa shape index (κ1) is 10.0. The molecule has 0 aliphatic heterocycles. The predicted molar refractivity (Wildman–Crippen MR) is 6.77 cm³/mol. The first-order valence-corrected chi connectivity index (χ1v) is 4.42. The van der Waals surface area contributed by atoms with Crippen molar-refractivity contribution in [3.63, 3.8) is 0 Å². The molecule has 7 heavy (non-hydrogen) atoms. The Kier molecular flexibility index (Phi) is 13.4. The van der Waals surface area contributed by atoms with E-state index in [1.807, 2.05) is 0 Å². The molecule has 0 aromatic rings. The van der Waals surface area contributed by atoms with Crippen LogP contribution < -0.4 is 10.2 Å². The summed E-state index contributed by atoms with van der Waals surface area (Å²) in [7, 11) is 0. The summed E-state index contributed by atoms with van der Waals surface area (Å²) >= 11 is -2.51. The molecule has 0 saturated carbocycles. The summed E-state index contributed by atoms with van der Waals surface area (Å²) in [6.45, 7) is 0. The molecule has 0 unspecified atom stereocenters. The summed E-state index contributed by atoms with van der Waals surface area (Å²) in [5, 5.41) is 16.7. The average Bonchev–Trinajstić information content (AvgIpc) is 1.33. The van der Waals surface area contributed by atoms with E-state index in [9.17, 15) is 0 Å². The number of rotatable bonds is 0. The molecule has 0 amide bonds. The van der Waals surface area contributed by atoms with E-state index in [2.05, 4.69) is 0 Å². The molecular formula is CO5U. The quantitative estimate of drug-likeness (QED) is 0.482. The van der Waals surface area contributed by atoms with Gasteiger partial charge in [0.05, 0.1) is 0 Å². The molecule has 0 saturated heterocycles. The van der Waals surface area contributed by atoms with Crippen LogP contribution in [0.4, 0.5) is 4.79 Å². The van der Waals surface area contributed by atoms with E-state index < -0.39 is 34.0 Å². The third-order valence-electron chi connectivity index (χ3n) is 0. The van der Waals surface area contributed by atoms with Gasteiger partial charge in [-0.05, 0) is 6.16 Å². The van der Waals surface area contributed by atoms with E-state index >= 15 is 0 Å². The van der Waals surface area contributed by atoms with E-state index in [0.717, 1.165) is 0 Å². The van der Waals surface area contributed by atoms with E-state index in [4.69, 9.17) is 19.5 Å². The Morgan fingerprint density at radius 2 is 1.29 bits per heavy atom. The molecule has 0 atom stereocenters. The number of hydrogen-bond acceptors (Lipinski definition) is 5. The van der Waals surface area contributed by atoms with Gasteiger partial charge in [-0.3, -0.25) is 0 Å². The van der Waals surface area contributed by atoms with Crippen LogP contribution >= 0.6 is 0 Å². The molecule has 0 aromatic carbocycles. The summed E-state index contributed by atoms with van der Waals surface area (Å²) in [6.07, 6.45) is -2.33. The fourth-order valence-electron chi connectivity index (χ4n) is 0. The molecule has 0 heterocycles. The van der Waals surface area contributed by atoms with Crippen LogP contribution in [0.3, 0.4) is 0 Å². The van der Waals surface area contributed by atoms with Crippen LogP contribution in [-0.4, -0.2) is 6.16 Å². The zero-order valence-corrected chi connectivity index (χ0v) is 7.20. The number of carbonyl (C=O) groups is 1. The average molecular weight is 330 g/mol. The Hall–Kier alpha value is -0.0781. The molecule has 5 nitrogen and oxygen atoms in total. The van der Waals surface area contributed by atoms with Crippen LogP contribution in [0.2, 0.25) is 0 Å². The third kappa shape index (κ3) is 15000. The summed E-state index contributed by atoms with van der Waals surface area (Å²) in [5.41, 5.74) is 0. The van der Waals surface area contributed by atoms with Gasteiger partial charge in [-0.15, -0.1) is 0 Å². The maximum absolute atomic E-state index is 8.58. The maximum atomic E-state index is 8.58. The fourth-order valence-corrected chi connectivity index (χ4v) is 0. The standard InChI is InChI=1S/CH2O3.2O.U/c2-1(3)4;;;/h(H2,2,3,4);;;/q;;;+2/p-2. The summed E-state index contributed by atoms with van der Waals surface area (Å²) in [5.74, 6) is 0. The van der Waals surface area contributed by atoms with Crippen molar-refractivity contribution >= 4 is 6.16 Å². The predicted octanol–water partition coefficient (Wildman–Crippen LogP) is -2.68. The van der Waals surface area contributed by atoms with Crippen molar-refractivity contribution in [1.29, 1.82) is 0 Å². The van der Waals surface area contributed by atoms with Crippen LogP contribution in [0.25, 0.3) is 0 Å². The van der Waals surface area contributed by atoms with E-state index in [0.29, 0.717) is 0 Å². The minimum absolute atomic E-state index is 2.33. The molecule has 0 bridgehead atoms. The molecule has 0 fully saturated rings. The molecule has 0 aliphatic rings. The van der Waals surface area contributed by atoms with Crippen LogP contribution in [0.5, 0.6) is 0 Å². The molecule has 0 spiro atoms. The summed E-state index contributed by atoms with van der Waals surface area (Å²) in [4.78, 5) is 8.33. The van der Waals surface area contributed by atoms with Crippen molar-refractivity contribution in [1.82, 2.24) is 0 Å². The van der Waals surface area contributed by atoms with Crippen LogP contribution in [0.15, 0.2) is 0 Å². The van der Waals surface area contributed by atoms with E-state index in [-0.39, 0.29) is 0 Å². The third-order valence-corrected chi connectivity index (χ3v) is 0. The Balaban J connectivity index is 0. The fraction of sp³-hybridized carbons (Fsp3) is 0. The second-order valence-corrected chi connectivity index (χ2v) is 1.03. The van der Waals surface area contributed by atoms with Gasteiger partial charge in [-0.1, -0.05) is 0 Å². The van der Waals surface area contributed by atoms with Gasteiger partial charge in [0, 0.05) is 0 Å². The van der Waals surface area contributed by atoms with Crippen molar-refractivity contribution in [2.45, 2.75) is 0 Å². The molecule has 0 aromatic heterocycles. The van der Waals surface area contributed by atoms with Crippen LogP contribution in [-0.2, 0) is 4.47 Å². The second-order valence-electron chi connectivity index (χ2n) is 0.333. The molecular weight excluding hydrogens is 330 g/mol. The van der Waals surface area contributed by atoms with Crippen molar-refractivity contribution in [3.8, 4) is 0 Å². The Morgan fingerprint density at radius 3 is 1.29 bits per heavy atom. The first-order chi connectivity index (χ1) is 3.15. The van der Waals surface area contributed by atoms with Gasteiger partial charge >= 0.3 is 32.3 Å². The topological polar surface area (TPSA) is 97.3 Å². The molecule has 0 rings (SSSR count). The van der Waals surface area contributed by atoms with Crippen LogP contribution in [0.1, 0.15) is 0 Å². The molecule has 0 aliphatic carbocycles.